The van der Waals surface area contributed by atoms with Gasteiger partial charge < -0.3 is 4.90 Å². The first-order valence-electron chi connectivity index (χ1n) is 4.54. The maximum atomic E-state index is 4.29. The molecule has 0 spiro atoms. The fourth-order valence-corrected chi connectivity index (χ4v) is 1.79. The molecule has 0 aliphatic heterocycles. The average Bonchev–Trinajstić information content (AvgIpc) is 2.66. The quantitative estimate of drug-likeness (QED) is 0.688. The van der Waals surface area contributed by atoms with Gasteiger partial charge in [-0.05, 0) is 20.8 Å². The molecule has 0 atom stereocenters. The molecule has 0 saturated carbocycles. The van der Waals surface area contributed by atoms with Gasteiger partial charge in [0.15, 0.2) is 5.13 Å². The van der Waals surface area contributed by atoms with Crippen LogP contribution in [0.2, 0.25) is 0 Å². The van der Waals surface area contributed by atoms with Crippen molar-refractivity contribution in [2.75, 3.05) is 18.0 Å². The second-order valence-electron chi connectivity index (χ2n) is 2.96. The normalized spacial score (nSPS) is 11.8. The molecule has 0 aliphatic rings. The van der Waals surface area contributed by atoms with Gasteiger partial charge in [-0.1, -0.05) is 11.6 Å². The average molecular weight is 196 g/mol. The van der Waals surface area contributed by atoms with Crippen molar-refractivity contribution >= 4 is 16.5 Å². The molecule has 1 aromatic heterocycles. The fourth-order valence-electron chi connectivity index (χ4n) is 1.08. The standard InChI is InChI=1S/C10H16N2S/c1-4-9(3)8-12(5-2)10-11-6-7-13-10/h4,6-7H,5,8H2,1-3H3. The predicted octanol–water partition coefficient (Wildman–Crippen LogP) is 2.94. The molecule has 0 amide bonds. The van der Waals surface area contributed by atoms with E-state index in [1.807, 2.05) is 11.6 Å². The van der Waals surface area contributed by atoms with Gasteiger partial charge in [-0.3, -0.25) is 0 Å². The Morgan fingerprint density at radius 1 is 1.69 bits per heavy atom. The SMILES string of the molecule is CC=C(C)CN(CC)c1nccs1. The first-order valence-corrected chi connectivity index (χ1v) is 5.42. The summed E-state index contributed by atoms with van der Waals surface area (Å²) in [5.41, 5.74) is 1.39. The summed E-state index contributed by atoms with van der Waals surface area (Å²) in [6.45, 7) is 8.38. The van der Waals surface area contributed by atoms with Gasteiger partial charge in [0.25, 0.3) is 0 Å². The second kappa shape index (κ2) is 5.02. The van der Waals surface area contributed by atoms with E-state index in [9.17, 15) is 0 Å². The Bertz CT molecular complexity index is 264. The minimum atomic E-state index is 0.987. The Labute approximate surface area is 83.9 Å². The monoisotopic (exact) mass is 196 g/mol. The first-order chi connectivity index (χ1) is 6.27. The third kappa shape index (κ3) is 2.84. The van der Waals surface area contributed by atoms with Crippen LogP contribution >= 0.6 is 11.3 Å². The maximum absolute atomic E-state index is 4.29. The third-order valence-corrected chi connectivity index (χ3v) is 2.84. The summed E-state index contributed by atoms with van der Waals surface area (Å²) in [4.78, 5) is 6.57. The molecule has 0 aliphatic carbocycles. The molecule has 0 fully saturated rings. The van der Waals surface area contributed by atoms with Crippen LogP contribution in [0.5, 0.6) is 0 Å². The summed E-state index contributed by atoms with van der Waals surface area (Å²) in [6.07, 6.45) is 4.00. The number of hydrogen-bond acceptors (Lipinski definition) is 3. The van der Waals surface area contributed by atoms with Crippen molar-refractivity contribution in [3.8, 4) is 0 Å². The molecule has 1 heterocycles. The summed E-state index contributed by atoms with van der Waals surface area (Å²) in [5, 5.41) is 3.13. The predicted molar refractivity (Wildman–Crippen MR) is 59.4 cm³/mol. The van der Waals surface area contributed by atoms with Crippen LogP contribution in [-0.2, 0) is 0 Å². The molecule has 0 bridgehead atoms. The number of nitrogens with zero attached hydrogens (tertiary/aromatic N) is 2. The van der Waals surface area contributed by atoms with E-state index in [4.69, 9.17) is 0 Å². The Hall–Kier alpha value is -0.830. The molecule has 1 rings (SSSR count). The second-order valence-corrected chi connectivity index (χ2v) is 3.84. The number of aromatic nitrogens is 1. The summed E-state index contributed by atoms with van der Waals surface area (Å²) in [7, 11) is 0. The van der Waals surface area contributed by atoms with Gasteiger partial charge >= 0.3 is 0 Å². The van der Waals surface area contributed by atoms with E-state index in [0.29, 0.717) is 0 Å². The van der Waals surface area contributed by atoms with Crippen LogP contribution in [-0.4, -0.2) is 18.1 Å². The number of hydrogen-bond donors (Lipinski definition) is 0. The summed E-state index contributed by atoms with van der Waals surface area (Å²) >= 11 is 1.70. The van der Waals surface area contributed by atoms with E-state index >= 15 is 0 Å². The van der Waals surface area contributed by atoms with Crippen LogP contribution in [0.1, 0.15) is 20.8 Å². The Kier molecular flexibility index (Phi) is 3.96. The highest BCUT2D eigenvalue weighted by Gasteiger charge is 2.05. The molecular formula is C10H16N2S. The largest absolute Gasteiger partial charge is 0.344 e. The molecule has 0 saturated heterocycles. The van der Waals surface area contributed by atoms with Gasteiger partial charge in [-0.15, -0.1) is 11.3 Å². The molecule has 0 radical (unpaired) electrons. The number of anilines is 1. The Morgan fingerprint density at radius 2 is 2.46 bits per heavy atom. The minimum Gasteiger partial charge on any atom is -0.344 e. The topological polar surface area (TPSA) is 16.1 Å². The van der Waals surface area contributed by atoms with Gasteiger partial charge in [0.05, 0.1) is 0 Å². The van der Waals surface area contributed by atoms with Crippen molar-refractivity contribution in [1.29, 1.82) is 0 Å². The number of rotatable bonds is 4. The van der Waals surface area contributed by atoms with E-state index in [-0.39, 0.29) is 0 Å². The van der Waals surface area contributed by atoms with Crippen LogP contribution in [0.15, 0.2) is 23.2 Å². The molecule has 72 valence electrons. The van der Waals surface area contributed by atoms with Crippen molar-refractivity contribution in [1.82, 2.24) is 4.98 Å². The van der Waals surface area contributed by atoms with Crippen molar-refractivity contribution in [3.63, 3.8) is 0 Å². The van der Waals surface area contributed by atoms with E-state index in [1.54, 1.807) is 11.3 Å². The van der Waals surface area contributed by atoms with Crippen molar-refractivity contribution in [2.24, 2.45) is 0 Å². The zero-order chi connectivity index (χ0) is 9.68. The van der Waals surface area contributed by atoms with Crippen LogP contribution in [0.3, 0.4) is 0 Å². The van der Waals surface area contributed by atoms with E-state index in [2.05, 4.69) is 36.7 Å². The van der Waals surface area contributed by atoms with E-state index < -0.39 is 0 Å². The highest BCUT2D eigenvalue weighted by molar-refractivity contribution is 7.13. The lowest BCUT2D eigenvalue weighted by molar-refractivity contribution is 0.870. The van der Waals surface area contributed by atoms with Gasteiger partial charge in [0.2, 0.25) is 0 Å². The number of likely N-dealkylation sites (N-methyl/N-ethyl adjacent to an activating group) is 1. The molecule has 2 nitrogen and oxygen atoms in total. The van der Waals surface area contributed by atoms with Crippen LogP contribution in [0.25, 0.3) is 0 Å². The first kappa shape index (κ1) is 10.3. The van der Waals surface area contributed by atoms with Crippen molar-refractivity contribution < 1.29 is 0 Å². The zero-order valence-electron chi connectivity index (χ0n) is 8.45. The lowest BCUT2D eigenvalue weighted by Gasteiger charge is -2.19. The molecule has 0 N–H and O–H groups in total. The fraction of sp³-hybridized carbons (Fsp3) is 0.500. The highest BCUT2D eigenvalue weighted by Crippen LogP contribution is 2.17. The maximum Gasteiger partial charge on any atom is 0.185 e. The smallest absolute Gasteiger partial charge is 0.185 e. The van der Waals surface area contributed by atoms with Crippen LogP contribution in [0, 0.1) is 0 Å². The molecule has 13 heavy (non-hydrogen) atoms. The van der Waals surface area contributed by atoms with Crippen LogP contribution < -0.4 is 4.90 Å². The third-order valence-electron chi connectivity index (χ3n) is 2.00. The summed E-state index contributed by atoms with van der Waals surface area (Å²) in [6, 6.07) is 0. The van der Waals surface area contributed by atoms with Gasteiger partial charge in [0, 0.05) is 24.7 Å². The van der Waals surface area contributed by atoms with Gasteiger partial charge in [0.1, 0.15) is 0 Å². The summed E-state index contributed by atoms with van der Waals surface area (Å²) in [5.74, 6) is 0. The lowest BCUT2D eigenvalue weighted by atomic mass is 10.3. The van der Waals surface area contributed by atoms with Crippen LogP contribution in [0.4, 0.5) is 5.13 Å². The number of thiazole rings is 1. The lowest BCUT2D eigenvalue weighted by Crippen LogP contribution is -2.24. The molecule has 0 aromatic carbocycles. The molecule has 1 aromatic rings. The van der Waals surface area contributed by atoms with Crippen molar-refractivity contribution in [3.05, 3.63) is 23.2 Å². The van der Waals surface area contributed by atoms with E-state index in [1.165, 1.54) is 5.57 Å². The van der Waals surface area contributed by atoms with Gasteiger partial charge in [-0.2, -0.15) is 0 Å². The van der Waals surface area contributed by atoms with E-state index in [0.717, 1.165) is 18.2 Å². The highest BCUT2D eigenvalue weighted by atomic mass is 32.1. The zero-order valence-corrected chi connectivity index (χ0v) is 9.27. The molecule has 3 heteroatoms. The minimum absolute atomic E-state index is 0.987. The molecular weight excluding hydrogens is 180 g/mol. The van der Waals surface area contributed by atoms with Crippen molar-refractivity contribution in [2.45, 2.75) is 20.8 Å². The van der Waals surface area contributed by atoms with Gasteiger partial charge in [-0.25, -0.2) is 4.98 Å². The molecule has 0 unspecified atom stereocenters. The number of allylic oxidation sites excluding steroid dienone is 1. The Balaban J connectivity index is 2.64. The Morgan fingerprint density at radius 3 is 2.92 bits per heavy atom. The summed E-state index contributed by atoms with van der Waals surface area (Å²) < 4.78 is 0.